The predicted molar refractivity (Wildman–Crippen MR) is 67.4 cm³/mol. The summed E-state index contributed by atoms with van der Waals surface area (Å²) in [7, 11) is 0. The molecule has 0 N–H and O–H groups in total. The molecule has 0 spiro atoms. The smallest absolute Gasteiger partial charge is 0.0923 e. The lowest BCUT2D eigenvalue weighted by Crippen LogP contribution is -2.00. The fraction of sp³-hybridized carbons (Fsp3) is 0.357. The summed E-state index contributed by atoms with van der Waals surface area (Å²) in [6, 6.07) is 11.1. The highest BCUT2D eigenvalue weighted by Crippen LogP contribution is 2.18. The van der Waals surface area contributed by atoms with Gasteiger partial charge in [0.05, 0.1) is 5.69 Å². The van der Waals surface area contributed by atoms with E-state index < -0.39 is 0 Å². The van der Waals surface area contributed by atoms with Crippen LogP contribution in [0.5, 0.6) is 0 Å². The van der Waals surface area contributed by atoms with E-state index in [-0.39, 0.29) is 0 Å². The summed E-state index contributed by atoms with van der Waals surface area (Å²) in [5, 5.41) is 4.55. The van der Waals surface area contributed by atoms with Crippen molar-refractivity contribution in [1.29, 1.82) is 0 Å². The summed E-state index contributed by atoms with van der Waals surface area (Å²) in [6.07, 6.45) is 3.12. The van der Waals surface area contributed by atoms with E-state index in [0.29, 0.717) is 6.04 Å². The fourth-order valence-electron chi connectivity index (χ4n) is 1.69. The first-order valence-corrected chi connectivity index (χ1v) is 5.85. The van der Waals surface area contributed by atoms with E-state index in [1.54, 1.807) is 0 Å². The van der Waals surface area contributed by atoms with Gasteiger partial charge in [0.25, 0.3) is 0 Å². The number of hydrogen-bond donors (Lipinski definition) is 0. The van der Waals surface area contributed by atoms with Gasteiger partial charge in [0.1, 0.15) is 0 Å². The average Bonchev–Trinajstić information content (AvgIpc) is 2.78. The molecule has 0 saturated carbocycles. The highest BCUT2D eigenvalue weighted by atomic mass is 15.3. The highest BCUT2D eigenvalue weighted by molar-refractivity contribution is 5.58. The Balaban J connectivity index is 2.28. The molecule has 0 unspecified atom stereocenters. The molecule has 0 atom stereocenters. The second-order valence-corrected chi connectivity index (χ2v) is 4.33. The molecule has 0 saturated heterocycles. The highest BCUT2D eigenvalue weighted by Gasteiger charge is 2.03. The second kappa shape index (κ2) is 4.52. The Morgan fingerprint density at radius 3 is 2.31 bits per heavy atom. The third-order valence-corrected chi connectivity index (χ3v) is 2.80. The fourth-order valence-corrected chi connectivity index (χ4v) is 1.69. The zero-order valence-electron chi connectivity index (χ0n) is 10.1. The number of aryl methyl sites for hydroxylation is 1. The number of rotatable bonds is 3. The zero-order valence-corrected chi connectivity index (χ0v) is 10.1. The topological polar surface area (TPSA) is 17.8 Å². The van der Waals surface area contributed by atoms with Crippen molar-refractivity contribution < 1.29 is 0 Å². The molecule has 0 aliphatic carbocycles. The molecule has 2 heteroatoms. The molecule has 0 aliphatic heterocycles. The Kier molecular flexibility index (Phi) is 3.09. The lowest BCUT2D eigenvalue weighted by molar-refractivity contribution is 0.534. The van der Waals surface area contributed by atoms with Gasteiger partial charge in [-0.05, 0) is 31.9 Å². The minimum Gasteiger partial charge on any atom is -0.270 e. The lowest BCUT2D eigenvalue weighted by Gasteiger charge is -2.04. The molecule has 2 nitrogen and oxygen atoms in total. The van der Waals surface area contributed by atoms with Crippen molar-refractivity contribution in [3.63, 3.8) is 0 Å². The Morgan fingerprint density at radius 2 is 1.81 bits per heavy atom. The van der Waals surface area contributed by atoms with Crippen molar-refractivity contribution in [3.8, 4) is 11.3 Å². The number of nitrogens with zero attached hydrogens (tertiary/aromatic N) is 2. The van der Waals surface area contributed by atoms with E-state index in [9.17, 15) is 0 Å². The molecule has 84 valence electrons. The predicted octanol–water partition coefficient (Wildman–Crippen LogP) is 3.69. The number of hydrogen-bond acceptors (Lipinski definition) is 1. The van der Waals surface area contributed by atoms with Crippen LogP contribution in [0.3, 0.4) is 0 Å². The minimum atomic E-state index is 0.420. The van der Waals surface area contributed by atoms with Crippen molar-refractivity contribution in [2.45, 2.75) is 33.2 Å². The minimum absolute atomic E-state index is 0.420. The first kappa shape index (κ1) is 10.9. The van der Waals surface area contributed by atoms with Crippen molar-refractivity contribution in [3.05, 3.63) is 42.1 Å². The van der Waals surface area contributed by atoms with Gasteiger partial charge >= 0.3 is 0 Å². The maximum Gasteiger partial charge on any atom is 0.0923 e. The largest absolute Gasteiger partial charge is 0.270 e. The van der Waals surface area contributed by atoms with Crippen LogP contribution in [0, 0.1) is 0 Å². The summed E-state index contributed by atoms with van der Waals surface area (Å²) >= 11 is 0. The van der Waals surface area contributed by atoms with E-state index in [1.807, 2.05) is 10.9 Å². The van der Waals surface area contributed by atoms with E-state index in [4.69, 9.17) is 0 Å². The SMILES string of the molecule is CCc1ccc(-c2ccn(C(C)C)n2)cc1. The van der Waals surface area contributed by atoms with Crippen molar-refractivity contribution >= 4 is 0 Å². The normalized spacial score (nSPS) is 11.0. The monoisotopic (exact) mass is 214 g/mol. The van der Waals surface area contributed by atoms with Crippen molar-refractivity contribution in [1.82, 2.24) is 9.78 Å². The molecule has 0 bridgehead atoms. The van der Waals surface area contributed by atoms with Crippen LogP contribution in [-0.2, 0) is 6.42 Å². The molecule has 16 heavy (non-hydrogen) atoms. The molecule has 0 fully saturated rings. The molecule has 0 aliphatic rings. The standard InChI is InChI=1S/C14H18N2/c1-4-12-5-7-13(8-6-12)14-9-10-16(15-14)11(2)3/h5-11H,4H2,1-3H3. The van der Waals surface area contributed by atoms with E-state index in [2.05, 4.69) is 56.2 Å². The van der Waals surface area contributed by atoms with Crippen LogP contribution < -0.4 is 0 Å². The summed E-state index contributed by atoms with van der Waals surface area (Å²) in [5.41, 5.74) is 3.61. The molecule has 1 aromatic heterocycles. The van der Waals surface area contributed by atoms with E-state index in [0.717, 1.165) is 12.1 Å². The Bertz CT molecular complexity index is 452. The molecule has 0 radical (unpaired) electrons. The van der Waals surface area contributed by atoms with Crippen LogP contribution in [-0.4, -0.2) is 9.78 Å². The average molecular weight is 214 g/mol. The Morgan fingerprint density at radius 1 is 1.12 bits per heavy atom. The maximum absolute atomic E-state index is 4.55. The molecule has 1 aromatic carbocycles. The summed E-state index contributed by atoms with van der Waals surface area (Å²) < 4.78 is 1.99. The van der Waals surface area contributed by atoms with Gasteiger partial charge in [-0.2, -0.15) is 5.10 Å². The van der Waals surface area contributed by atoms with Gasteiger partial charge in [0.15, 0.2) is 0 Å². The molecule has 2 aromatic rings. The van der Waals surface area contributed by atoms with Gasteiger partial charge in [0, 0.05) is 17.8 Å². The van der Waals surface area contributed by atoms with Gasteiger partial charge in [-0.15, -0.1) is 0 Å². The molecule has 0 amide bonds. The van der Waals surface area contributed by atoms with Gasteiger partial charge in [-0.3, -0.25) is 4.68 Å². The van der Waals surface area contributed by atoms with Crippen LogP contribution in [0.15, 0.2) is 36.5 Å². The Hall–Kier alpha value is -1.57. The van der Waals surface area contributed by atoms with Gasteiger partial charge in [-0.1, -0.05) is 31.2 Å². The lowest BCUT2D eigenvalue weighted by atomic mass is 10.1. The van der Waals surface area contributed by atoms with E-state index in [1.165, 1.54) is 11.1 Å². The Labute approximate surface area is 96.9 Å². The third-order valence-electron chi connectivity index (χ3n) is 2.80. The maximum atomic E-state index is 4.55. The first-order chi connectivity index (χ1) is 7.70. The van der Waals surface area contributed by atoms with Crippen molar-refractivity contribution in [2.75, 3.05) is 0 Å². The zero-order chi connectivity index (χ0) is 11.5. The van der Waals surface area contributed by atoms with Crippen LogP contribution in [0.2, 0.25) is 0 Å². The van der Waals surface area contributed by atoms with Crippen LogP contribution in [0.4, 0.5) is 0 Å². The van der Waals surface area contributed by atoms with Crippen LogP contribution in [0.1, 0.15) is 32.4 Å². The molecular weight excluding hydrogens is 196 g/mol. The van der Waals surface area contributed by atoms with Crippen LogP contribution in [0.25, 0.3) is 11.3 Å². The quantitative estimate of drug-likeness (QED) is 0.762. The van der Waals surface area contributed by atoms with Crippen molar-refractivity contribution in [2.24, 2.45) is 0 Å². The van der Waals surface area contributed by atoms with Gasteiger partial charge in [0.2, 0.25) is 0 Å². The number of benzene rings is 1. The first-order valence-electron chi connectivity index (χ1n) is 5.85. The van der Waals surface area contributed by atoms with Crippen LogP contribution >= 0.6 is 0 Å². The molecule has 2 rings (SSSR count). The van der Waals surface area contributed by atoms with E-state index >= 15 is 0 Å². The third kappa shape index (κ3) is 2.16. The summed E-state index contributed by atoms with van der Waals surface area (Å²) in [4.78, 5) is 0. The van der Waals surface area contributed by atoms with Gasteiger partial charge < -0.3 is 0 Å². The summed E-state index contributed by atoms with van der Waals surface area (Å²) in [5.74, 6) is 0. The molecule has 1 heterocycles. The summed E-state index contributed by atoms with van der Waals surface area (Å²) in [6.45, 7) is 6.44. The second-order valence-electron chi connectivity index (χ2n) is 4.33. The van der Waals surface area contributed by atoms with Gasteiger partial charge in [-0.25, -0.2) is 0 Å². The number of aromatic nitrogens is 2. The molecular formula is C14H18N2.